The third-order valence-corrected chi connectivity index (χ3v) is 3.71. The number of hydrogen-bond acceptors (Lipinski definition) is 2. The summed E-state index contributed by atoms with van der Waals surface area (Å²) in [4.78, 5) is 4.40. The van der Waals surface area contributed by atoms with Crippen LogP contribution in [-0.4, -0.2) is 4.98 Å². The van der Waals surface area contributed by atoms with Crippen LogP contribution in [0, 0.1) is 6.92 Å². The van der Waals surface area contributed by atoms with E-state index < -0.39 is 0 Å². The molecule has 0 amide bonds. The fourth-order valence-corrected chi connectivity index (χ4v) is 2.43. The summed E-state index contributed by atoms with van der Waals surface area (Å²) in [6.07, 6.45) is 0.815. The quantitative estimate of drug-likeness (QED) is 0.780. The molecule has 0 fully saturated rings. The van der Waals surface area contributed by atoms with Gasteiger partial charge in [-0.1, -0.05) is 29.3 Å². The van der Waals surface area contributed by atoms with E-state index in [-0.39, 0.29) is 0 Å². The van der Waals surface area contributed by atoms with Crippen molar-refractivity contribution in [3.63, 3.8) is 0 Å². The molecule has 0 aliphatic rings. The Bertz CT molecular complexity index is 479. The Labute approximate surface area is 103 Å². The fourth-order valence-electron chi connectivity index (χ4n) is 1.31. The summed E-state index contributed by atoms with van der Waals surface area (Å²) in [7, 11) is 0. The third-order valence-electron chi connectivity index (χ3n) is 2.01. The van der Waals surface area contributed by atoms with Crippen molar-refractivity contribution in [3.8, 4) is 0 Å². The third kappa shape index (κ3) is 2.71. The molecule has 1 heterocycles. The van der Waals surface area contributed by atoms with Gasteiger partial charge in [0.1, 0.15) is 0 Å². The van der Waals surface area contributed by atoms with Crippen molar-refractivity contribution in [3.05, 3.63) is 49.9 Å². The van der Waals surface area contributed by atoms with Crippen LogP contribution in [0.3, 0.4) is 0 Å². The molecule has 0 atom stereocenters. The van der Waals surface area contributed by atoms with Gasteiger partial charge < -0.3 is 0 Å². The van der Waals surface area contributed by atoms with E-state index in [1.165, 1.54) is 0 Å². The van der Waals surface area contributed by atoms with Crippen molar-refractivity contribution in [1.82, 2.24) is 4.98 Å². The summed E-state index contributed by atoms with van der Waals surface area (Å²) in [5.74, 6) is 0. The van der Waals surface area contributed by atoms with Gasteiger partial charge in [-0.3, -0.25) is 0 Å². The second kappa shape index (κ2) is 4.52. The van der Waals surface area contributed by atoms with Crippen molar-refractivity contribution >= 4 is 34.5 Å². The SMILES string of the molecule is Cc1csc(Cc2ccc(Cl)c(Cl)c2)n1. The van der Waals surface area contributed by atoms with E-state index in [2.05, 4.69) is 4.98 Å². The lowest BCUT2D eigenvalue weighted by molar-refractivity contribution is 1.10. The number of thiazole rings is 1. The van der Waals surface area contributed by atoms with Gasteiger partial charge in [0.05, 0.1) is 15.1 Å². The summed E-state index contributed by atoms with van der Waals surface area (Å²) in [5, 5.41) is 4.34. The Balaban J connectivity index is 2.21. The minimum absolute atomic E-state index is 0.593. The van der Waals surface area contributed by atoms with Crippen LogP contribution in [0.1, 0.15) is 16.3 Å². The minimum atomic E-state index is 0.593. The molecular formula is C11H9Cl2NS. The molecule has 0 saturated heterocycles. The molecule has 0 radical (unpaired) electrons. The van der Waals surface area contributed by atoms with Gasteiger partial charge in [0, 0.05) is 17.5 Å². The number of aromatic nitrogens is 1. The number of halogens is 2. The Morgan fingerprint density at radius 2 is 2.07 bits per heavy atom. The van der Waals surface area contributed by atoms with Gasteiger partial charge in [0.25, 0.3) is 0 Å². The zero-order valence-electron chi connectivity index (χ0n) is 8.13. The molecule has 78 valence electrons. The molecule has 0 spiro atoms. The van der Waals surface area contributed by atoms with E-state index in [1.54, 1.807) is 11.3 Å². The number of rotatable bonds is 2. The zero-order chi connectivity index (χ0) is 10.8. The molecular weight excluding hydrogens is 249 g/mol. The van der Waals surface area contributed by atoms with E-state index in [9.17, 15) is 0 Å². The predicted molar refractivity (Wildman–Crippen MR) is 66.1 cm³/mol. The van der Waals surface area contributed by atoms with Crippen LogP contribution >= 0.6 is 34.5 Å². The normalized spacial score (nSPS) is 10.6. The summed E-state index contributed by atoms with van der Waals surface area (Å²) in [5.41, 5.74) is 2.20. The van der Waals surface area contributed by atoms with Crippen LogP contribution in [0.25, 0.3) is 0 Å². The van der Waals surface area contributed by atoms with E-state index in [0.717, 1.165) is 22.7 Å². The second-order valence-corrected chi connectivity index (χ2v) is 5.06. The molecule has 0 aliphatic carbocycles. The molecule has 1 nitrogen and oxygen atoms in total. The molecule has 15 heavy (non-hydrogen) atoms. The van der Waals surface area contributed by atoms with Crippen LogP contribution < -0.4 is 0 Å². The Morgan fingerprint density at radius 1 is 1.27 bits per heavy atom. The summed E-state index contributed by atoms with van der Waals surface area (Å²) < 4.78 is 0. The molecule has 0 saturated carbocycles. The monoisotopic (exact) mass is 257 g/mol. The smallest absolute Gasteiger partial charge is 0.0972 e. The number of hydrogen-bond donors (Lipinski definition) is 0. The van der Waals surface area contributed by atoms with Gasteiger partial charge in [-0.25, -0.2) is 4.98 Å². The maximum atomic E-state index is 5.94. The van der Waals surface area contributed by atoms with Crippen LogP contribution in [-0.2, 0) is 6.42 Å². The van der Waals surface area contributed by atoms with E-state index >= 15 is 0 Å². The van der Waals surface area contributed by atoms with Gasteiger partial charge in [-0.15, -0.1) is 11.3 Å². The lowest BCUT2D eigenvalue weighted by Gasteiger charge is -2.00. The molecule has 0 aliphatic heterocycles. The highest BCUT2D eigenvalue weighted by molar-refractivity contribution is 7.09. The largest absolute Gasteiger partial charge is 0.246 e. The van der Waals surface area contributed by atoms with Gasteiger partial charge in [0.2, 0.25) is 0 Å². The van der Waals surface area contributed by atoms with E-state index in [4.69, 9.17) is 23.2 Å². The molecule has 0 unspecified atom stereocenters. The molecule has 1 aromatic heterocycles. The fraction of sp³-hybridized carbons (Fsp3) is 0.182. The molecule has 2 rings (SSSR count). The Morgan fingerprint density at radius 3 is 2.67 bits per heavy atom. The first-order valence-electron chi connectivity index (χ1n) is 4.50. The van der Waals surface area contributed by atoms with Crippen molar-refractivity contribution < 1.29 is 0 Å². The van der Waals surface area contributed by atoms with Crippen LogP contribution in [0.15, 0.2) is 23.6 Å². The second-order valence-electron chi connectivity index (χ2n) is 3.31. The molecule has 2 aromatic rings. The average Bonchev–Trinajstić information content (AvgIpc) is 2.58. The van der Waals surface area contributed by atoms with Gasteiger partial charge in [-0.05, 0) is 24.6 Å². The Hall–Kier alpha value is -0.570. The first kappa shape index (κ1) is 10.9. The number of nitrogens with zero attached hydrogens (tertiary/aromatic N) is 1. The number of aryl methyl sites for hydroxylation is 1. The lowest BCUT2D eigenvalue weighted by Crippen LogP contribution is -1.87. The average molecular weight is 258 g/mol. The summed E-state index contributed by atoms with van der Waals surface area (Å²) >= 11 is 13.4. The van der Waals surface area contributed by atoms with Crippen LogP contribution in [0.5, 0.6) is 0 Å². The molecule has 0 N–H and O–H groups in total. The topological polar surface area (TPSA) is 12.9 Å². The van der Waals surface area contributed by atoms with E-state index in [1.807, 2.05) is 30.5 Å². The van der Waals surface area contributed by atoms with Crippen LogP contribution in [0.2, 0.25) is 10.0 Å². The maximum absolute atomic E-state index is 5.94. The van der Waals surface area contributed by atoms with Crippen LogP contribution in [0.4, 0.5) is 0 Å². The van der Waals surface area contributed by atoms with E-state index in [0.29, 0.717) is 10.0 Å². The Kier molecular flexibility index (Phi) is 3.29. The van der Waals surface area contributed by atoms with Crippen molar-refractivity contribution in [2.24, 2.45) is 0 Å². The molecule has 4 heteroatoms. The highest BCUT2D eigenvalue weighted by Crippen LogP contribution is 2.24. The first-order valence-corrected chi connectivity index (χ1v) is 6.13. The molecule has 0 bridgehead atoms. The van der Waals surface area contributed by atoms with Gasteiger partial charge in [-0.2, -0.15) is 0 Å². The van der Waals surface area contributed by atoms with Crippen molar-refractivity contribution in [1.29, 1.82) is 0 Å². The maximum Gasteiger partial charge on any atom is 0.0972 e. The van der Waals surface area contributed by atoms with Gasteiger partial charge >= 0.3 is 0 Å². The predicted octanol–water partition coefficient (Wildman–Crippen LogP) is 4.35. The van der Waals surface area contributed by atoms with Crippen molar-refractivity contribution in [2.45, 2.75) is 13.3 Å². The number of benzene rings is 1. The first-order chi connectivity index (χ1) is 7.15. The highest BCUT2D eigenvalue weighted by atomic mass is 35.5. The lowest BCUT2D eigenvalue weighted by atomic mass is 10.2. The minimum Gasteiger partial charge on any atom is -0.246 e. The standard InChI is InChI=1S/C11H9Cl2NS/c1-7-6-15-11(14-7)5-8-2-3-9(12)10(13)4-8/h2-4,6H,5H2,1H3. The highest BCUT2D eigenvalue weighted by Gasteiger charge is 2.03. The summed E-state index contributed by atoms with van der Waals surface area (Å²) in [6.45, 7) is 1.99. The van der Waals surface area contributed by atoms with Crippen molar-refractivity contribution in [2.75, 3.05) is 0 Å². The summed E-state index contributed by atoms with van der Waals surface area (Å²) in [6, 6.07) is 5.69. The zero-order valence-corrected chi connectivity index (χ0v) is 10.5. The molecule has 1 aromatic carbocycles. The van der Waals surface area contributed by atoms with Gasteiger partial charge in [0.15, 0.2) is 0 Å².